The minimum absolute atomic E-state index is 0.0779. The highest BCUT2D eigenvalue weighted by Gasteiger charge is 2.31. The van der Waals surface area contributed by atoms with E-state index in [4.69, 9.17) is 9.47 Å². The maximum atomic E-state index is 13.2. The van der Waals surface area contributed by atoms with Crippen LogP contribution in [0.4, 0.5) is 9.59 Å². The molecule has 10 heteroatoms. The molecule has 0 radical (unpaired) electrons. The van der Waals surface area contributed by atoms with Crippen LogP contribution in [-0.2, 0) is 38.9 Å². The van der Waals surface area contributed by atoms with Gasteiger partial charge in [-0.1, -0.05) is 72.8 Å². The molecule has 1 aliphatic heterocycles. The van der Waals surface area contributed by atoms with Gasteiger partial charge in [-0.25, -0.2) is 28.4 Å². The molecule has 4 rings (SSSR count). The van der Waals surface area contributed by atoms with Crippen molar-refractivity contribution >= 4 is 22.0 Å². The number of piperidine rings is 1. The number of rotatable bonds is 9. The second-order valence-electron chi connectivity index (χ2n) is 9.85. The molecule has 0 aromatic heterocycles. The summed E-state index contributed by atoms with van der Waals surface area (Å²) < 4.78 is 34.4. The first-order valence-electron chi connectivity index (χ1n) is 13.3. The minimum atomic E-state index is -3.24. The molecule has 1 atom stereocenters. The molecule has 1 aliphatic rings. The molecule has 0 aliphatic carbocycles. The molecule has 1 N–H and O–H groups in total. The van der Waals surface area contributed by atoms with Gasteiger partial charge in [-0.3, -0.25) is 0 Å². The van der Waals surface area contributed by atoms with E-state index >= 15 is 0 Å². The van der Waals surface area contributed by atoms with Crippen LogP contribution in [0.15, 0.2) is 89.8 Å². The Labute approximate surface area is 235 Å². The first kappa shape index (κ1) is 29.1. The van der Waals surface area contributed by atoms with E-state index in [0.717, 1.165) is 42.6 Å². The smallest absolute Gasteiger partial charge is 0.429 e. The first-order valence-corrected chi connectivity index (χ1v) is 15.2. The largest absolute Gasteiger partial charge is 0.443 e. The lowest BCUT2D eigenvalue weighted by Crippen LogP contribution is -2.57. The van der Waals surface area contributed by atoms with Gasteiger partial charge in [-0.05, 0) is 54.6 Å². The van der Waals surface area contributed by atoms with Crippen LogP contribution in [0.5, 0.6) is 0 Å². The van der Waals surface area contributed by atoms with Gasteiger partial charge in [0.1, 0.15) is 13.2 Å². The zero-order valence-electron chi connectivity index (χ0n) is 22.6. The lowest BCUT2D eigenvalue weighted by molar-refractivity contribution is 0.0258. The number of nitrogens with zero attached hydrogens (tertiary/aromatic N) is 2. The summed E-state index contributed by atoms with van der Waals surface area (Å²) in [6.07, 6.45) is 2.06. The maximum absolute atomic E-state index is 13.2. The van der Waals surface area contributed by atoms with Gasteiger partial charge in [0.25, 0.3) is 0 Å². The quantitative estimate of drug-likeness (QED) is 0.379. The standard InChI is InChI=1S/C30H35N3O6S/c1-40(36,37)28-16-14-24(15-17-28)18-20-32-19-8-13-27(21-32)33(30(35)39-23-26-11-6-3-7-12-26)31-29(34)38-22-25-9-4-2-5-10-25/h2-7,9-12,14-17,27H,8,13,18-23H2,1H3,(H,31,34). The number of nitrogens with one attached hydrogen (secondary N) is 1. The van der Waals surface area contributed by atoms with Crippen molar-refractivity contribution in [2.45, 2.75) is 43.4 Å². The van der Waals surface area contributed by atoms with Gasteiger partial charge in [-0.15, -0.1) is 0 Å². The number of hydrazine groups is 1. The van der Waals surface area contributed by atoms with Crippen molar-refractivity contribution in [1.82, 2.24) is 15.3 Å². The molecular weight excluding hydrogens is 530 g/mol. The van der Waals surface area contributed by atoms with E-state index in [1.165, 1.54) is 11.3 Å². The molecule has 2 amide bonds. The highest BCUT2D eigenvalue weighted by molar-refractivity contribution is 7.90. The van der Waals surface area contributed by atoms with Gasteiger partial charge >= 0.3 is 12.2 Å². The zero-order valence-corrected chi connectivity index (χ0v) is 23.4. The fourth-order valence-corrected chi connectivity index (χ4v) is 5.19. The first-order chi connectivity index (χ1) is 19.3. The highest BCUT2D eigenvalue weighted by atomic mass is 32.2. The summed E-state index contributed by atoms with van der Waals surface area (Å²) in [4.78, 5) is 28.4. The molecule has 1 fully saturated rings. The van der Waals surface area contributed by atoms with Gasteiger partial charge in [-0.2, -0.15) is 0 Å². The fourth-order valence-electron chi connectivity index (χ4n) is 4.56. The Morgan fingerprint density at radius 2 is 1.48 bits per heavy atom. The van der Waals surface area contributed by atoms with Crippen LogP contribution in [-0.4, -0.2) is 62.4 Å². The van der Waals surface area contributed by atoms with Crippen molar-refractivity contribution < 1.29 is 27.5 Å². The van der Waals surface area contributed by atoms with E-state index in [-0.39, 0.29) is 19.3 Å². The van der Waals surface area contributed by atoms with E-state index in [9.17, 15) is 18.0 Å². The molecule has 9 nitrogen and oxygen atoms in total. The number of likely N-dealkylation sites (tertiary alicyclic amines) is 1. The highest BCUT2D eigenvalue weighted by Crippen LogP contribution is 2.18. The van der Waals surface area contributed by atoms with Crippen LogP contribution >= 0.6 is 0 Å². The van der Waals surface area contributed by atoms with E-state index in [1.54, 1.807) is 12.1 Å². The number of sulfone groups is 1. The Balaban J connectivity index is 1.38. The molecule has 0 saturated carbocycles. The molecule has 1 saturated heterocycles. The van der Waals surface area contributed by atoms with Gasteiger partial charge in [0, 0.05) is 19.3 Å². The van der Waals surface area contributed by atoms with Crippen LogP contribution < -0.4 is 5.43 Å². The van der Waals surface area contributed by atoms with E-state index in [0.29, 0.717) is 17.9 Å². The molecule has 3 aromatic carbocycles. The third-order valence-corrected chi connectivity index (χ3v) is 7.87. The second kappa shape index (κ2) is 14.0. The average Bonchev–Trinajstić information content (AvgIpc) is 2.97. The average molecular weight is 566 g/mol. The number of benzene rings is 3. The second-order valence-corrected chi connectivity index (χ2v) is 11.9. The molecule has 1 heterocycles. The Kier molecular flexibility index (Phi) is 10.2. The normalized spacial score (nSPS) is 15.7. The summed E-state index contributed by atoms with van der Waals surface area (Å²) in [7, 11) is -3.24. The summed E-state index contributed by atoms with van der Waals surface area (Å²) in [5.41, 5.74) is 5.33. The third-order valence-electron chi connectivity index (χ3n) is 6.74. The summed E-state index contributed by atoms with van der Waals surface area (Å²) >= 11 is 0. The molecule has 212 valence electrons. The minimum Gasteiger partial charge on any atom is -0.443 e. The van der Waals surface area contributed by atoms with Crippen LogP contribution in [0.2, 0.25) is 0 Å². The molecule has 40 heavy (non-hydrogen) atoms. The van der Waals surface area contributed by atoms with Crippen molar-refractivity contribution in [2.75, 3.05) is 25.9 Å². The molecular formula is C30H35N3O6S. The summed E-state index contributed by atoms with van der Waals surface area (Å²) in [6.45, 7) is 2.27. The summed E-state index contributed by atoms with van der Waals surface area (Å²) in [5.74, 6) is 0. The number of hydrogen-bond acceptors (Lipinski definition) is 7. The molecule has 3 aromatic rings. The van der Waals surface area contributed by atoms with E-state index < -0.39 is 22.0 Å². The predicted octanol–water partition coefficient (Wildman–Crippen LogP) is 4.58. The van der Waals surface area contributed by atoms with Crippen LogP contribution in [0, 0.1) is 0 Å². The molecule has 0 bridgehead atoms. The number of amides is 2. The van der Waals surface area contributed by atoms with Crippen molar-refractivity contribution in [2.24, 2.45) is 0 Å². The topological polar surface area (TPSA) is 105 Å². The van der Waals surface area contributed by atoms with Crippen molar-refractivity contribution in [3.8, 4) is 0 Å². The summed E-state index contributed by atoms with van der Waals surface area (Å²) in [5, 5.41) is 1.25. The maximum Gasteiger partial charge on any atom is 0.429 e. The number of ether oxygens (including phenoxy) is 2. The number of carbonyl (C=O) groups is 2. The SMILES string of the molecule is CS(=O)(=O)c1ccc(CCN2CCCC(N(NC(=O)OCc3ccccc3)C(=O)OCc3ccccc3)C2)cc1. The third kappa shape index (κ3) is 8.82. The van der Waals surface area contributed by atoms with Crippen LogP contribution in [0.1, 0.15) is 29.5 Å². The summed E-state index contributed by atoms with van der Waals surface area (Å²) in [6, 6.07) is 25.3. The lowest BCUT2D eigenvalue weighted by Gasteiger charge is -2.38. The van der Waals surface area contributed by atoms with Gasteiger partial charge in [0.15, 0.2) is 9.84 Å². The lowest BCUT2D eigenvalue weighted by atomic mass is 10.0. The monoisotopic (exact) mass is 565 g/mol. The van der Waals surface area contributed by atoms with Crippen molar-refractivity contribution in [3.05, 3.63) is 102 Å². The van der Waals surface area contributed by atoms with Crippen LogP contribution in [0.25, 0.3) is 0 Å². The Morgan fingerprint density at radius 3 is 2.08 bits per heavy atom. The van der Waals surface area contributed by atoms with Gasteiger partial charge in [0.2, 0.25) is 0 Å². The molecule has 1 unspecified atom stereocenters. The predicted molar refractivity (Wildman–Crippen MR) is 151 cm³/mol. The van der Waals surface area contributed by atoms with Crippen molar-refractivity contribution in [1.29, 1.82) is 0 Å². The molecule has 0 spiro atoms. The van der Waals surface area contributed by atoms with Gasteiger partial charge in [0.05, 0.1) is 10.9 Å². The van der Waals surface area contributed by atoms with E-state index in [2.05, 4.69) is 10.3 Å². The Bertz CT molecular complexity index is 1350. The Hall–Kier alpha value is -3.89. The Morgan fingerprint density at radius 1 is 0.875 bits per heavy atom. The van der Waals surface area contributed by atoms with E-state index in [1.807, 2.05) is 72.8 Å². The van der Waals surface area contributed by atoms with Gasteiger partial charge < -0.3 is 14.4 Å². The number of carbonyl (C=O) groups excluding carboxylic acids is 2. The number of hydrogen-bond donors (Lipinski definition) is 1. The fraction of sp³-hybridized carbons (Fsp3) is 0.333. The van der Waals surface area contributed by atoms with Crippen LogP contribution in [0.3, 0.4) is 0 Å². The zero-order chi connectivity index (χ0) is 28.4. The van der Waals surface area contributed by atoms with Crippen molar-refractivity contribution in [3.63, 3.8) is 0 Å².